The zero-order valence-corrected chi connectivity index (χ0v) is 21.4. The van der Waals surface area contributed by atoms with Crippen molar-refractivity contribution >= 4 is 21.6 Å². The van der Waals surface area contributed by atoms with E-state index >= 15 is 0 Å². The topological polar surface area (TPSA) is 100 Å². The van der Waals surface area contributed by atoms with Crippen molar-refractivity contribution in [1.29, 1.82) is 0 Å². The second-order valence-corrected chi connectivity index (χ2v) is 12.7. The fourth-order valence-corrected chi connectivity index (χ4v) is 8.13. The zero-order valence-electron chi connectivity index (χ0n) is 20.6. The second-order valence-electron chi connectivity index (χ2n) is 10.6. The summed E-state index contributed by atoms with van der Waals surface area (Å²) in [6.45, 7) is 4.36. The molecule has 8 heteroatoms. The second kappa shape index (κ2) is 8.82. The molecule has 4 atom stereocenters. The van der Waals surface area contributed by atoms with Crippen molar-refractivity contribution < 1.29 is 18.3 Å². The predicted octanol–water partition coefficient (Wildman–Crippen LogP) is 4.43. The minimum Gasteiger partial charge on any atom is -0.481 e. The van der Waals surface area contributed by atoms with E-state index in [1.54, 1.807) is 6.07 Å². The highest BCUT2D eigenvalue weighted by molar-refractivity contribution is 7.89. The third-order valence-electron chi connectivity index (χ3n) is 8.72. The molecule has 0 radical (unpaired) electrons. The summed E-state index contributed by atoms with van der Waals surface area (Å²) in [4.78, 5) is 11.1. The summed E-state index contributed by atoms with van der Waals surface area (Å²) in [7, 11) is -2.27. The van der Waals surface area contributed by atoms with E-state index in [-0.39, 0.29) is 23.3 Å². The number of fused-ring (bicyclic) bond motifs is 5. The molecule has 0 amide bonds. The quantitative estimate of drug-likeness (QED) is 0.636. The molecular formula is C27H33N3O4S. The van der Waals surface area contributed by atoms with Crippen molar-refractivity contribution in [3.05, 3.63) is 58.9 Å². The summed E-state index contributed by atoms with van der Waals surface area (Å²) in [6.07, 6.45) is 9.29. The van der Waals surface area contributed by atoms with Crippen molar-refractivity contribution in [3.8, 4) is 0 Å². The van der Waals surface area contributed by atoms with Crippen LogP contribution in [0.3, 0.4) is 0 Å². The number of carboxylic acid groups (broad SMARTS) is 1. The van der Waals surface area contributed by atoms with Gasteiger partial charge in [0.25, 0.3) is 0 Å². The first-order chi connectivity index (χ1) is 16.6. The lowest BCUT2D eigenvalue weighted by Crippen LogP contribution is -2.41. The van der Waals surface area contributed by atoms with Crippen LogP contribution in [0.1, 0.15) is 67.3 Å². The average molecular weight is 496 g/mol. The fraction of sp³-hybridized carbons (Fsp3) is 0.519. The number of carbonyl (C=O) groups is 1. The van der Waals surface area contributed by atoms with Crippen molar-refractivity contribution in [3.63, 3.8) is 0 Å². The number of allylic oxidation sites excluding steroid dienone is 2. The van der Waals surface area contributed by atoms with Crippen molar-refractivity contribution in [1.82, 2.24) is 14.5 Å². The number of hydrogen-bond acceptors (Lipinski definition) is 5. The van der Waals surface area contributed by atoms with Crippen LogP contribution in [0.25, 0.3) is 5.57 Å². The summed E-state index contributed by atoms with van der Waals surface area (Å²) in [6, 6.07) is 7.71. The molecule has 3 aliphatic rings. The van der Waals surface area contributed by atoms with Crippen LogP contribution < -0.4 is 0 Å². The standard InChI is InChI=1S/C27H33N3O4S/c1-17-14-19(16-28-29-17)24-8-9-25-23-6-4-18-15-20(35(33,34)30(3)13-11-26(31)32)5-7-21(18)22(23)10-12-27(24,25)2/h5,7-8,14-16,22-23,25H,4,6,9-13H2,1-3H3,(H,31,32)/t22-,23-,25+,27-/m1/s1. The van der Waals surface area contributed by atoms with Gasteiger partial charge in [-0.1, -0.05) is 19.1 Å². The molecular weight excluding hydrogens is 462 g/mol. The maximum absolute atomic E-state index is 13.0. The first-order valence-electron chi connectivity index (χ1n) is 12.4. The molecule has 0 aliphatic heterocycles. The monoisotopic (exact) mass is 495 g/mol. The van der Waals surface area contributed by atoms with E-state index in [1.165, 1.54) is 23.7 Å². The van der Waals surface area contributed by atoms with Gasteiger partial charge < -0.3 is 5.11 Å². The highest BCUT2D eigenvalue weighted by Crippen LogP contribution is 2.63. The Kier molecular flexibility index (Phi) is 6.08. The van der Waals surface area contributed by atoms with E-state index in [9.17, 15) is 13.2 Å². The summed E-state index contributed by atoms with van der Waals surface area (Å²) in [5.74, 6) is 0.589. The van der Waals surface area contributed by atoms with Crippen molar-refractivity contribution in [2.24, 2.45) is 17.3 Å². The number of sulfonamides is 1. The Morgan fingerprint density at radius 3 is 2.80 bits per heavy atom. The lowest BCUT2D eigenvalue weighted by Gasteiger charge is -2.50. The lowest BCUT2D eigenvalue weighted by atomic mass is 9.54. The third-order valence-corrected chi connectivity index (χ3v) is 10.6. The summed E-state index contributed by atoms with van der Waals surface area (Å²) in [5.41, 5.74) is 6.10. The van der Waals surface area contributed by atoms with E-state index < -0.39 is 16.0 Å². The van der Waals surface area contributed by atoms with E-state index in [4.69, 9.17) is 5.11 Å². The highest BCUT2D eigenvalue weighted by atomic mass is 32.2. The van der Waals surface area contributed by atoms with Gasteiger partial charge in [0.2, 0.25) is 10.0 Å². The molecule has 0 bridgehead atoms. The SMILES string of the molecule is Cc1cc(C2=CC[C@H]3[C@@H]4CCc5cc(S(=O)(=O)N(C)CCC(=O)O)ccc5[C@H]4CC[C@]23C)cnn1. The van der Waals surface area contributed by atoms with Gasteiger partial charge in [0, 0.05) is 13.6 Å². The molecule has 7 nitrogen and oxygen atoms in total. The summed E-state index contributed by atoms with van der Waals surface area (Å²) >= 11 is 0. The molecule has 35 heavy (non-hydrogen) atoms. The van der Waals surface area contributed by atoms with E-state index in [0.717, 1.165) is 47.7 Å². The zero-order chi connectivity index (χ0) is 25.0. The molecule has 1 N–H and O–H groups in total. The van der Waals surface area contributed by atoms with Crippen LogP contribution in [0, 0.1) is 24.2 Å². The van der Waals surface area contributed by atoms with E-state index in [2.05, 4.69) is 29.3 Å². The molecule has 1 saturated carbocycles. The van der Waals surface area contributed by atoms with Gasteiger partial charge in [-0.05, 0) is 103 Å². The van der Waals surface area contributed by atoms with Gasteiger partial charge >= 0.3 is 5.97 Å². The van der Waals surface area contributed by atoms with Gasteiger partial charge in [-0.25, -0.2) is 12.7 Å². The predicted molar refractivity (Wildman–Crippen MR) is 133 cm³/mol. The first-order valence-corrected chi connectivity index (χ1v) is 13.9. The number of aliphatic carboxylic acids is 1. The molecule has 1 heterocycles. The summed E-state index contributed by atoms with van der Waals surface area (Å²) < 4.78 is 27.2. The van der Waals surface area contributed by atoms with E-state index in [0.29, 0.717) is 17.8 Å². The lowest BCUT2D eigenvalue weighted by molar-refractivity contribution is -0.137. The van der Waals surface area contributed by atoms with Crippen molar-refractivity contribution in [2.75, 3.05) is 13.6 Å². The number of carboxylic acids is 1. The smallest absolute Gasteiger partial charge is 0.304 e. The maximum Gasteiger partial charge on any atom is 0.304 e. The first kappa shape index (κ1) is 24.1. The molecule has 1 aromatic carbocycles. The molecule has 186 valence electrons. The Morgan fingerprint density at radius 2 is 2.06 bits per heavy atom. The Balaban J connectivity index is 1.39. The van der Waals surface area contributed by atoms with Gasteiger partial charge in [-0.2, -0.15) is 10.2 Å². The largest absolute Gasteiger partial charge is 0.481 e. The Bertz CT molecular complexity index is 1310. The molecule has 1 fully saturated rings. The number of aromatic nitrogens is 2. The number of rotatable bonds is 6. The van der Waals surface area contributed by atoms with Crippen LogP contribution in [0.15, 0.2) is 41.4 Å². The molecule has 3 aliphatic carbocycles. The normalized spacial score (nSPS) is 27.7. The van der Waals surface area contributed by atoms with Gasteiger partial charge in [-0.15, -0.1) is 0 Å². The molecule has 5 rings (SSSR count). The fourth-order valence-electron chi connectivity index (χ4n) is 6.91. The average Bonchev–Trinajstić information content (AvgIpc) is 3.19. The van der Waals surface area contributed by atoms with Crippen LogP contribution in [0.5, 0.6) is 0 Å². The van der Waals surface area contributed by atoms with Crippen LogP contribution >= 0.6 is 0 Å². The third kappa shape index (κ3) is 4.10. The number of aryl methyl sites for hydroxylation is 2. The summed E-state index contributed by atoms with van der Waals surface area (Å²) in [5, 5.41) is 17.2. The molecule has 0 unspecified atom stereocenters. The molecule has 1 aromatic heterocycles. The minimum absolute atomic E-state index is 0.0401. The van der Waals surface area contributed by atoms with Gasteiger partial charge in [0.1, 0.15) is 0 Å². The minimum atomic E-state index is -3.71. The van der Waals surface area contributed by atoms with E-state index in [1.807, 2.05) is 25.3 Å². The van der Waals surface area contributed by atoms with Crippen molar-refractivity contribution in [2.45, 2.75) is 63.2 Å². The highest BCUT2D eigenvalue weighted by Gasteiger charge is 2.52. The Hall–Kier alpha value is -2.58. The Labute approximate surface area is 207 Å². The van der Waals surface area contributed by atoms with Crippen LogP contribution in [-0.4, -0.2) is 47.6 Å². The van der Waals surface area contributed by atoms with Gasteiger partial charge in [0.05, 0.1) is 23.2 Å². The Morgan fingerprint density at radius 1 is 1.26 bits per heavy atom. The van der Waals surface area contributed by atoms with Crippen LogP contribution in [-0.2, 0) is 21.2 Å². The van der Waals surface area contributed by atoms with Crippen LogP contribution in [0.4, 0.5) is 0 Å². The van der Waals surface area contributed by atoms with Crippen LogP contribution in [0.2, 0.25) is 0 Å². The molecule has 2 aromatic rings. The van der Waals surface area contributed by atoms with Gasteiger partial charge in [-0.3, -0.25) is 4.79 Å². The maximum atomic E-state index is 13.0. The molecule has 0 saturated heterocycles. The van der Waals surface area contributed by atoms with Gasteiger partial charge in [0.15, 0.2) is 0 Å². The molecule has 0 spiro atoms. The number of hydrogen-bond donors (Lipinski definition) is 1. The number of benzene rings is 1. The number of nitrogens with zero attached hydrogens (tertiary/aromatic N) is 3.